The van der Waals surface area contributed by atoms with Gasteiger partial charge in [-0.15, -0.1) is 0 Å². The van der Waals surface area contributed by atoms with Crippen molar-refractivity contribution in [2.24, 2.45) is 0 Å². The Morgan fingerprint density at radius 1 is 0.875 bits per heavy atom. The number of piperidine rings is 1. The number of hydrogen-bond acceptors (Lipinski definition) is 6. The molecule has 1 aromatic heterocycles. The van der Waals surface area contributed by atoms with Crippen LogP contribution in [-0.4, -0.2) is 80.6 Å². The predicted octanol–water partition coefficient (Wildman–Crippen LogP) is 4.19. The maximum absolute atomic E-state index is 14.2. The van der Waals surface area contributed by atoms with Gasteiger partial charge in [-0.2, -0.15) is 0 Å². The van der Waals surface area contributed by atoms with Crippen LogP contribution in [0.1, 0.15) is 89.5 Å². The summed E-state index contributed by atoms with van der Waals surface area (Å²) in [4.78, 5) is 49.2. The highest BCUT2D eigenvalue weighted by Crippen LogP contribution is 2.44. The Kier molecular flexibility index (Phi) is 8.10. The van der Waals surface area contributed by atoms with Gasteiger partial charge in [0, 0.05) is 50.2 Å². The molecule has 6 rings (SSSR count). The first-order valence-electron chi connectivity index (χ1n) is 15.5. The molecule has 9 heteroatoms. The van der Waals surface area contributed by atoms with Gasteiger partial charge in [0.05, 0.1) is 17.6 Å². The number of carboxylic acids is 1. The van der Waals surface area contributed by atoms with Crippen molar-refractivity contribution < 1.29 is 14.7 Å². The van der Waals surface area contributed by atoms with Gasteiger partial charge >= 0.3 is 5.97 Å². The van der Waals surface area contributed by atoms with Gasteiger partial charge in [0.1, 0.15) is 0 Å². The summed E-state index contributed by atoms with van der Waals surface area (Å²) in [6.45, 7) is 1.51. The molecule has 216 valence electrons. The molecule has 40 heavy (non-hydrogen) atoms. The van der Waals surface area contributed by atoms with Gasteiger partial charge in [-0.1, -0.05) is 44.2 Å². The number of carboxylic acid groups (broad SMARTS) is 1. The molecule has 1 N–H and O–H groups in total. The van der Waals surface area contributed by atoms with Crippen LogP contribution in [0, 0.1) is 0 Å². The standard InChI is InChI=1S/C31H43N5O4/c37-28-21-34(18-17-33(28)16-8-13-29(38)39)30-31(40)36(27-12-7-6-11-26(27)32-30)25-19-23-14-15-24(20-25)35(23)22-9-4-2-1-3-5-10-22/h6-7,11-12,22-25H,1-5,8-10,13-21H2,(H,38,39)/t23-,24+,25+. The maximum atomic E-state index is 14.2. The molecule has 1 aliphatic carbocycles. The minimum Gasteiger partial charge on any atom is -0.481 e. The molecule has 4 heterocycles. The number of anilines is 1. The predicted molar refractivity (Wildman–Crippen MR) is 155 cm³/mol. The van der Waals surface area contributed by atoms with Gasteiger partial charge in [0.25, 0.3) is 5.56 Å². The van der Waals surface area contributed by atoms with Crippen LogP contribution in [-0.2, 0) is 9.59 Å². The second-order valence-corrected chi connectivity index (χ2v) is 12.4. The highest BCUT2D eigenvalue weighted by atomic mass is 16.4. The van der Waals surface area contributed by atoms with E-state index < -0.39 is 5.97 Å². The monoisotopic (exact) mass is 549 g/mol. The summed E-state index contributed by atoms with van der Waals surface area (Å²) in [7, 11) is 0. The number of carbonyl (C=O) groups excluding carboxylic acids is 1. The van der Waals surface area contributed by atoms with Crippen molar-refractivity contribution in [2.45, 2.75) is 108 Å². The topological polar surface area (TPSA) is 99.0 Å². The van der Waals surface area contributed by atoms with E-state index in [1.165, 1.54) is 57.8 Å². The van der Waals surface area contributed by atoms with Gasteiger partial charge in [-0.25, -0.2) is 4.98 Å². The first-order valence-corrected chi connectivity index (χ1v) is 15.5. The Labute approximate surface area is 236 Å². The van der Waals surface area contributed by atoms with Crippen LogP contribution < -0.4 is 10.5 Å². The van der Waals surface area contributed by atoms with E-state index in [0.717, 1.165) is 23.9 Å². The van der Waals surface area contributed by atoms with E-state index >= 15 is 0 Å². The third-order valence-corrected chi connectivity index (χ3v) is 9.84. The van der Waals surface area contributed by atoms with Crippen molar-refractivity contribution in [3.8, 4) is 0 Å². The Hall–Kier alpha value is -2.94. The van der Waals surface area contributed by atoms with Crippen LogP contribution >= 0.6 is 0 Å². The number of amides is 1. The summed E-state index contributed by atoms with van der Waals surface area (Å²) in [5, 5.41) is 8.93. The van der Waals surface area contributed by atoms with E-state index in [2.05, 4.69) is 4.90 Å². The number of aromatic nitrogens is 2. The van der Waals surface area contributed by atoms with Crippen molar-refractivity contribution in [3.63, 3.8) is 0 Å². The lowest BCUT2D eigenvalue weighted by molar-refractivity contribution is -0.138. The van der Waals surface area contributed by atoms with E-state index in [1.807, 2.05) is 33.7 Å². The number of carbonyl (C=O) groups is 2. The molecule has 2 aromatic rings. The molecule has 3 aliphatic heterocycles. The van der Waals surface area contributed by atoms with E-state index in [9.17, 15) is 14.4 Å². The Morgan fingerprint density at radius 2 is 1.57 bits per heavy atom. The van der Waals surface area contributed by atoms with Crippen LogP contribution in [0.5, 0.6) is 0 Å². The second-order valence-electron chi connectivity index (χ2n) is 12.4. The number of piperazine rings is 1. The number of fused-ring (bicyclic) bond motifs is 3. The first kappa shape index (κ1) is 27.2. The molecule has 1 aromatic carbocycles. The molecular weight excluding hydrogens is 506 g/mol. The van der Waals surface area contributed by atoms with Crippen LogP contribution in [0.2, 0.25) is 0 Å². The maximum Gasteiger partial charge on any atom is 0.303 e. The van der Waals surface area contributed by atoms with Crippen molar-refractivity contribution >= 4 is 28.7 Å². The zero-order valence-electron chi connectivity index (χ0n) is 23.5. The first-order chi connectivity index (χ1) is 19.5. The van der Waals surface area contributed by atoms with E-state index in [0.29, 0.717) is 50.0 Å². The van der Waals surface area contributed by atoms with Gasteiger partial charge in [0.15, 0.2) is 5.82 Å². The van der Waals surface area contributed by atoms with Gasteiger partial charge in [0.2, 0.25) is 5.91 Å². The fourth-order valence-corrected chi connectivity index (χ4v) is 7.98. The average molecular weight is 550 g/mol. The van der Waals surface area contributed by atoms with Crippen LogP contribution in [0.15, 0.2) is 29.1 Å². The number of nitrogens with zero attached hydrogens (tertiary/aromatic N) is 5. The molecule has 0 radical (unpaired) electrons. The fourth-order valence-electron chi connectivity index (χ4n) is 7.98. The summed E-state index contributed by atoms with van der Waals surface area (Å²) in [5.74, 6) is -0.564. The Bertz CT molecular complexity index is 1270. The molecule has 3 saturated heterocycles. The number of benzene rings is 1. The summed E-state index contributed by atoms with van der Waals surface area (Å²) < 4.78 is 2.02. The number of para-hydroxylation sites is 2. The Balaban J connectivity index is 1.24. The molecular formula is C31H43N5O4. The van der Waals surface area contributed by atoms with E-state index in [1.54, 1.807) is 4.90 Å². The fraction of sp³-hybridized carbons (Fsp3) is 0.677. The third-order valence-electron chi connectivity index (χ3n) is 9.84. The lowest BCUT2D eigenvalue weighted by Crippen LogP contribution is -2.53. The van der Waals surface area contributed by atoms with Gasteiger partial charge in [-0.3, -0.25) is 19.3 Å². The van der Waals surface area contributed by atoms with E-state index in [4.69, 9.17) is 10.1 Å². The van der Waals surface area contributed by atoms with Crippen LogP contribution in [0.4, 0.5) is 5.82 Å². The molecule has 0 unspecified atom stereocenters. The van der Waals surface area contributed by atoms with Crippen molar-refractivity contribution in [2.75, 3.05) is 31.1 Å². The molecule has 1 saturated carbocycles. The highest BCUT2D eigenvalue weighted by Gasteiger charge is 2.44. The highest BCUT2D eigenvalue weighted by molar-refractivity contribution is 5.83. The molecule has 0 spiro atoms. The normalized spacial score (nSPS) is 26.7. The van der Waals surface area contributed by atoms with Crippen LogP contribution in [0.3, 0.4) is 0 Å². The lowest BCUT2D eigenvalue weighted by atomic mass is 9.89. The van der Waals surface area contributed by atoms with Gasteiger partial charge < -0.3 is 19.5 Å². The molecule has 4 aliphatic rings. The van der Waals surface area contributed by atoms with Crippen molar-refractivity contribution in [1.82, 2.24) is 19.4 Å². The largest absolute Gasteiger partial charge is 0.481 e. The third kappa shape index (κ3) is 5.49. The van der Waals surface area contributed by atoms with Crippen LogP contribution in [0.25, 0.3) is 11.0 Å². The molecule has 9 nitrogen and oxygen atoms in total. The smallest absolute Gasteiger partial charge is 0.303 e. The summed E-state index contributed by atoms with van der Waals surface area (Å²) in [6.07, 6.45) is 14.3. The second kappa shape index (κ2) is 11.9. The summed E-state index contributed by atoms with van der Waals surface area (Å²) in [5.41, 5.74) is 1.59. The summed E-state index contributed by atoms with van der Waals surface area (Å²) in [6, 6.07) is 9.82. The number of aliphatic carboxylic acids is 1. The van der Waals surface area contributed by atoms with Gasteiger partial charge in [-0.05, 0) is 57.1 Å². The minimum absolute atomic E-state index is 0.0476. The SMILES string of the molecule is O=C(O)CCCN1CCN(c2nc3ccccc3n([C@H]3C[C@H]4CC[C@@H](C3)N4C3CCCCCCC3)c2=O)CC1=O. The molecule has 4 fully saturated rings. The zero-order chi connectivity index (χ0) is 27.6. The quantitative estimate of drug-likeness (QED) is 0.553. The van der Waals surface area contributed by atoms with Crippen molar-refractivity contribution in [1.29, 1.82) is 0 Å². The molecule has 3 atom stereocenters. The Morgan fingerprint density at radius 3 is 2.27 bits per heavy atom. The number of rotatable bonds is 7. The molecule has 2 bridgehead atoms. The van der Waals surface area contributed by atoms with Crippen molar-refractivity contribution in [3.05, 3.63) is 34.6 Å². The van der Waals surface area contributed by atoms with E-state index in [-0.39, 0.29) is 30.5 Å². The molecule has 1 amide bonds. The minimum atomic E-state index is -0.851. The summed E-state index contributed by atoms with van der Waals surface area (Å²) >= 11 is 0. The zero-order valence-corrected chi connectivity index (χ0v) is 23.5. The average Bonchev–Trinajstić information content (AvgIpc) is 3.17. The lowest BCUT2D eigenvalue weighted by Gasteiger charge is -2.45. The number of hydrogen-bond donors (Lipinski definition) is 1.